The quantitative estimate of drug-likeness (QED) is 0.453. The summed E-state index contributed by atoms with van der Waals surface area (Å²) in [5, 5.41) is 0.623. The molecule has 3 rings (SSSR count). The van der Waals surface area contributed by atoms with E-state index in [4.69, 9.17) is 4.74 Å². The van der Waals surface area contributed by atoms with E-state index in [9.17, 15) is 22.4 Å². The van der Waals surface area contributed by atoms with Crippen molar-refractivity contribution in [3.05, 3.63) is 77.1 Å². The van der Waals surface area contributed by atoms with Crippen LogP contribution in [0.5, 0.6) is 5.75 Å². The minimum absolute atomic E-state index is 0.0967. The molecular formula is C20H14F4O3. The number of methoxy groups -OCH3 is 1. The second-order valence-electron chi connectivity index (χ2n) is 5.76. The largest absolute Gasteiger partial charge is 0.487 e. The highest BCUT2D eigenvalue weighted by molar-refractivity contribution is 6.01. The number of hydrogen-bond acceptors (Lipinski definition) is 3. The van der Waals surface area contributed by atoms with Crippen LogP contribution in [0, 0.1) is 5.82 Å². The Labute approximate surface area is 152 Å². The molecule has 3 nitrogen and oxygen atoms in total. The summed E-state index contributed by atoms with van der Waals surface area (Å²) >= 11 is 0. The fourth-order valence-electron chi connectivity index (χ4n) is 2.67. The van der Waals surface area contributed by atoms with Crippen LogP contribution in [0.2, 0.25) is 0 Å². The Morgan fingerprint density at radius 1 is 1.00 bits per heavy atom. The number of carbonyl (C=O) groups excluding carboxylic acids is 1. The van der Waals surface area contributed by atoms with E-state index in [1.54, 1.807) is 18.2 Å². The number of benzene rings is 3. The van der Waals surface area contributed by atoms with Gasteiger partial charge in [0.25, 0.3) is 0 Å². The van der Waals surface area contributed by atoms with Gasteiger partial charge in [0.1, 0.15) is 23.7 Å². The molecule has 0 amide bonds. The predicted octanol–water partition coefficient (Wildman–Crippen LogP) is 5.36. The van der Waals surface area contributed by atoms with Gasteiger partial charge in [-0.3, -0.25) is 0 Å². The average Bonchev–Trinajstić information content (AvgIpc) is 2.66. The van der Waals surface area contributed by atoms with Gasteiger partial charge in [0.15, 0.2) is 0 Å². The van der Waals surface area contributed by atoms with Crippen LogP contribution in [-0.4, -0.2) is 13.1 Å². The Hall–Kier alpha value is -3.09. The van der Waals surface area contributed by atoms with Crippen molar-refractivity contribution in [3.63, 3.8) is 0 Å². The van der Waals surface area contributed by atoms with Crippen molar-refractivity contribution in [3.8, 4) is 5.75 Å². The highest BCUT2D eigenvalue weighted by atomic mass is 19.4. The number of rotatable bonds is 4. The highest BCUT2D eigenvalue weighted by Crippen LogP contribution is 2.34. The number of esters is 1. The number of ether oxygens (including phenoxy) is 2. The smallest absolute Gasteiger partial charge is 0.416 e. The summed E-state index contributed by atoms with van der Waals surface area (Å²) in [4.78, 5) is 12.0. The third-order valence-corrected chi connectivity index (χ3v) is 4.01. The molecule has 140 valence electrons. The molecule has 0 radical (unpaired) electrons. The van der Waals surface area contributed by atoms with Crippen LogP contribution in [0.3, 0.4) is 0 Å². The topological polar surface area (TPSA) is 35.5 Å². The summed E-state index contributed by atoms with van der Waals surface area (Å²) in [7, 11) is 1.16. The van der Waals surface area contributed by atoms with E-state index >= 15 is 0 Å². The third kappa shape index (κ3) is 3.86. The van der Waals surface area contributed by atoms with Crippen LogP contribution in [0.15, 0.2) is 54.6 Å². The first-order chi connectivity index (χ1) is 12.8. The summed E-state index contributed by atoms with van der Waals surface area (Å²) in [6.45, 7) is -0.0994. The van der Waals surface area contributed by atoms with Crippen LogP contribution in [0.4, 0.5) is 17.6 Å². The van der Waals surface area contributed by atoms with Gasteiger partial charge in [-0.25, -0.2) is 9.18 Å². The van der Waals surface area contributed by atoms with Crippen LogP contribution < -0.4 is 4.74 Å². The summed E-state index contributed by atoms with van der Waals surface area (Å²) in [5.74, 6) is -1.27. The van der Waals surface area contributed by atoms with E-state index in [0.717, 1.165) is 25.3 Å². The second-order valence-corrected chi connectivity index (χ2v) is 5.76. The number of halogens is 4. The molecule has 0 saturated carbocycles. The molecule has 0 saturated heterocycles. The number of alkyl halides is 3. The van der Waals surface area contributed by atoms with E-state index in [1.807, 2.05) is 0 Å². The zero-order valence-electron chi connectivity index (χ0n) is 14.1. The van der Waals surface area contributed by atoms with Crippen molar-refractivity contribution < 1.29 is 31.8 Å². The number of fused-ring (bicyclic) bond motifs is 1. The molecule has 0 aromatic heterocycles. The van der Waals surface area contributed by atoms with E-state index in [0.29, 0.717) is 10.9 Å². The molecule has 0 unspecified atom stereocenters. The monoisotopic (exact) mass is 378 g/mol. The first-order valence-electron chi connectivity index (χ1n) is 7.89. The van der Waals surface area contributed by atoms with Crippen molar-refractivity contribution >= 4 is 16.7 Å². The standard InChI is InChI=1S/C20H14F4O3/c1-26-19(25)16-10-17(21)14-4-2-3-5-15(14)18(16)27-11-12-6-8-13(9-7-12)20(22,23)24/h2-10H,11H2,1H3. The zero-order valence-corrected chi connectivity index (χ0v) is 14.1. The van der Waals surface area contributed by atoms with Crippen molar-refractivity contribution in [2.45, 2.75) is 12.8 Å². The SMILES string of the molecule is COC(=O)c1cc(F)c2ccccc2c1OCc1ccc(C(F)(F)F)cc1. The van der Waals surface area contributed by atoms with Crippen molar-refractivity contribution in [1.29, 1.82) is 0 Å². The Balaban J connectivity index is 1.96. The zero-order chi connectivity index (χ0) is 19.6. The van der Waals surface area contributed by atoms with Gasteiger partial charge >= 0.3 is 12.1 Å². The molecule has 7 heteroatoms. The van der Waals surface area contributed by atoms with Gasteiger partial charge in [-0.15, -0.1) is 0 Å². The fraction of sp³-hybridized carbons (Fsp3) is 0.150. The maximum absolute atomic E-state index is 14.3. The van der Waals surface area contributed by atoms with Crippen molar-refractivity contribution in [2.24, 2.45) is 0 Å². The molecule has 0 spiro atoms. The first-order valence-corrected chi connectivity index (χ1v) is 7.89. The molecule has 0 atom stereocenters. The molecule has 0 aliphatic carbocycles. The Morgan fingerprint density at radius 3 is 2.22 bits per heavy atom. The molecule has 27 heavy (non-hydrogen) atoms. The summed E-state index contributed by atoms with van der Waals surface area (Å²) in [5.41, 5.74) is -0.401. The molecule has 3 aromatic carbocycles. The Kier molecular flexibility index (Phi) is 5.03. The summed E-state index contributed by atoms with van der Waals surface area (Å²) in [6.07, 6.45) is -4.43. The summed E-state index contributed by atoms with van der Waals surface area (Å²) < 4.78 is 62.6. The van der Waals surface area contributed by atoms with E-state index < -0.39 is 23.5 Å². The van der Waals surface area contributed by atoms with Gasteiger partial charge in [-0.05, 0) is 23.8 Å². The highest BCUT2D eigenvalue weighted by Gasteiger charge is 2.30. The minimum Gasteiger partial charge on any atom is -0.487 e. The van der Waals surface area contributed by atoms with Crippen LogP contribution in [-0.2, 0) is 17.5 Å². The van der Waals surface area contributed by atoms with Crippen LogP contribution in [0.1, 0.15) is 21.5 Å². The Morgan fingerprint density at radius 2 is 1.63 bits per heavy atom. The van der Waals surface area contributed by atoms with Gasteiger partial charge < -0.3 is 9.47 Å². The van der Waals surface area contributed by atoms with Gasteiger partial charge in [-0.2, -0.15) is 13.2 Å². The molecule has 0 heterocycles. The lowest BCUT2D eigenvalue weighted by Gasteiger charge is -2.14. The first kappa shape index (κ1) is 18.7. The fourth-order valence-corrected chi connectivity index (χ4v) is 2.67. The van der Waals surface area contributed by atoms with Gasteiger partial charge in [0.05, 0.1) is 12.7 Å². The van der Waals surface area contributed by atoms with Gasteiger partial charge in [0.2, 0.25) is 0 Å². The average molecular weight is 378 g/mol. The van der Waals surface area contributed by atoms with Gasteiger partial charge in [0, 0.05) is 10.8 Å². The van der Waals surface area contributed by atoms with Crippen LogP contribution >= 0.6 is 0 Å². The lowest BCUT2D eigenvalue weighted by Crippen LogP contribution is -2.08. The maximum Gasteiger partial charge on any atom is 0.416 e. The third-order valence-electron chi connectivity index (χ3n) is 4.01. The molecular weight excluding hydrogens is 364 g/mol. The van der Waals surface area contributed by atoms with E-state index in [-0.39, 0.29) is 23.3 Å². The normalized spacial score (nSPS) is 11.4. The minimum atomic E-state index is -4.43. The van der Waals surface area contributed by atoms with Gasteiger partial charge in [-0.1, -0.05) is 36.4 Å². The Bertz CT molecular complexity index is 979. The van der Waals surface area contributed by atoms with Crippen molar-refractivity contribution in [2.75, 3.05) is 7.11 Å². The molecule has 3 aromatic rings. The summed E-state index contributed by atoms with van der Waals surface area (Å²) in [6, 6.07) is 11.9. The number of hydrogen-bond donors (Lipinski definition) is 0. The molecule has 0 N–H and O–H groups in total. The lowest BCUT2D eigenvalue weighted by molar-refractivity contribution is -0.137. The van der Waals surface area contributed by atoms with E-state index in [2.05, 4.69) is 4.74 Å². The molecule has 0 bridgehead atoms. The number of carbonyl (C=O) groups is 1. The molecule has 0 fully saturated rings. The van der Waals surface area contributed by atoms with Crippen LogP contribution in [0.25, 0.3) is 10.8 Å². The van der Waals surface area contributed by atoms with E-state index in [1.165, 1.54) is 18.2 Å². The second kappa shape index (κ2) is 7.26. The maximum atomic E-state index is 14.3. The predicted molar refractivity (Wildman–Crippen MR) is 91.0 cm³/mol. The molecule has 0 aliphatic heterocycles. The lowest BCUT2D eigenvalue weighted by atomic mass is 10.0. The molecule has 0 aliphatic rings. The van der Waals surface area contributed by atoms with Crippen molar-refractivity contribution in [1.82, 2.24) is 0 Å².